The van der Waals surface area contributed by atoms with Crippen LogP contribution >= 0.6 is 10.7 Å². The van der Waals surface area contributed by atoms with Crippen molar-refractivity contribution in [2.24, 2.45) is 5.41 Å². The van der Waals surface area contributed by atoms with Crippen LogP contribution in [0.1, 0.15) is 33.6 Å². The Labute approximate surface area is 78.7 Å². The van der Waals surface area contributed by atoms with Crippen molar-refractivity contribution in [2.75, 3.05) is 6.61 Å². The second kappa shape index (κ2) is 4.44. The average molecular weight is 215 g/mol. The molecule has 0 saturated heterocycles. The molecule has 0 atom stereocenters. The zero-order valence-electron chi connectivity index (χ0n) is 7.63. The maximum Gasteiger partial charge on any atom is 0.355 e. The van der Waals surface area contributed by atoms with E-state index in [1.807, 2.05) is 20.8 Å². The molecule has 0 fully saturated rings. The summed E-state index contributed by atoms with van der Waals surface area (Å²) in [7, 11) is 1.09. The Kier molecular flexibility index (Phi) is 4.51. The lowest BCUT2D eigenvalue weighted by Gasteiger charge is -2.21. The molecule has 0 aliphatic rings. The number of hydrogen-bond acceptors (Lipinski definition) is 3. The van der Waals surface area contributed by atoms with Crippen LogP contribution in [-0.2, 0) is 13.5 Å². The quantitative estimate of drug-likeness (QED) is 0.660. The van der Waals surface area contributed by atoms with E-state index >= 15 is 0 Å². The molecule has 0 heterocycles. The summed E-state index contributed by atoms with van der Waals surface area (Å²) >= 11 is 0. The topological polar surface area (TPSA) is 43.4 Å². The minimum atomic E-state index is -3.80. The highest BCUT2D eigenvalue weighted by molar-refractivity contribution is 8.09. The van der Waals surface area contributed by atoms with Crippen molar-refractivity contribution in [2.45, 2.75) is 33.6 Å². The van der Waals surface area contributed by atoms with Crippen molar-refractivity contribution in [1.29, 1.82) is 0 Å². The standard InChI is InChI=1S/C7H15ClO3S/c1-4-5-7(2,3)6-11-12(8,9)10/h4-6H2,1-3H3. The van der Waals surface area contributed by atoms with Crippen LogP contribution in [0.4, 0.5) is 0 Å². The summed E-state index contributed by atoms with van der Waals surface area (Å²) in [6, 6.07) is 0. The third-order valence-corrected chi connectivity index (χ3v) is 2.18. The first-order valence-corrected chi connectivity index (χ1v) is 6.09. The number of halogens is 1. The maximum absolute atomic E-state index is 10.4. The van der Waals surface area contributed by atoms with Gasteiger partial charge in [0.2, 0.25) is 0 Å². The van der Waals surface area contributed by atoms with Crippen molar-refractivity contribution in [3.63, 3.8) is 0 Å². The Morgan fingerprint density at radius 1 is 1.42 bits per heavy atom. The first-order chi connectivity index (χ1) is 5.27. The third-order valence-electron chi connectivity index (χ3n) is 1.52. The molecule has 0 radical (unpaired) electrons. The molecule has 0 amide bonds. The molecular weight excluding hydrogens is 200 g/mol. The molecule has 0 aromatic carbocycles. The molecule has 0 unspecified atom stereocenters. The van der Waals surface area contributed by atoms with Gasteiger partial charge in [-0.15, -0.1) is 0 Å². The van der Waals surface area contributed by atoms with Crippen LogP contribution in [0.25, 0.3) is 0 Å². The summed E-state index contributed by atoms with van der Waals surface area (Å²) in [5.41, 5.74) is -0.128. The van der Waals surface area contributed by atoms with Crippen molar-refractivity contribution in [3.05, 3.63) is 0 Å². The largest absolute Gasteiger partial charge is 0.355 e. The second-order valence-electron chi connectivity index (χ2n) is 3.57. The molecule has 0 aromatic heterocycles. The molecule has 0 spiro atoms. The van der Waals surface area contributed by atoms with Gasteiger partial charge in [0.05, 0.1) is 6.61 Å². The summed E-state index contributed by atoms with van der Waals surface area (Å²) in [4.78, 5) is 0. The maximum atomic E-state index is 10.4. The predicted molar refractivity (Wildman–Crippen MR) is 49.4 cm³/mol. The number of rotatable bonds is 5. The van der Waals surface area contributed by atoms with E-state index in [-0.39, 0.29) is 12.0 Å². The fraction of sp³-hybridized carbons (Fsp3) is 1.00. The third kappa shape index (κ3) is 6.88. The number of hydrogen-bond donors (Lipinski definition) is 0. The van der Waals surface area contributed by atoms with E-state index in [2.05, 4.69) is 4.18 Å². The molecule has 3 nitrogen and oxygen atoms in total. The highest BCUT2D eigenvalue weighted by atomic mass is 35.7. The van der Waals surface area contributed by atoms with Crippen LogP contribution in [0.5, 0.6) is 0 Å². The lowest BCUT2D eigenvalue weighted by Crippen LogP contribution is -2.20. The highest BCUT2D eigenvalue weighted by Crippen LogP contribution is 2.23. The predicted octanol–water partition coefficient (Wildman–Crippen LogP) is 2.31. The Morgan fingerprint density at radius 2 is 1.92 bits per heavy atom. The van der Waals surface area contributed by atoms with Crippen LogP contribution in [0.2, 0.25) is 0 Å². The van der Waals surface area contributed by atoms with E-state index in [9.17, 15) is 8.42 Å². The van der Waals surface area contributed by atoms with E-state index in [1.54, 1.807) is 0 Å². The minimum Gasteiger partial charge on any atom is -0.257 e. The summed E-state index contributed by atoms with van der Waals surface area (Å²) in [5, 5.41) is 0. The van der Waals surface area contributed by atoms with Crippen LogP contribution in [0.3, 0.4) is 0 Å². The molecule has 5 heteroatoms. The van der Waals surface area contributed by atoms with E-state index < -0.39 is 9.33 Å². The molecule has 12 heavy (non-hydrogen) atoms. The molecule has 0 aliphatic carbocycles. The molecular formula is C7H15ClO3S. The molecule has 0 bridgehead atoms. The van der Waals surface area contributed by atoms with Gasteiger partial charge < -0.3 is 0 Å². The average Bonchev–Trinajstić information content (AvgIpc) is 1.83. The van der Waals surface area contributed by atoms with Crippen LogP contribution < -0.4 is 0 Å². The molecule has 0 aromatic rings. The van der Waals surface area contributed by atoms with Gasteiger partial charge in [0.1, 0.15) is 0 Å². The fourth-order valence-electron chi connectivity index (χ4n) is 0.979. The summed E-state index contributed by atoms with van der Waals surface area (Å²) in [6.45, 7) is 6.07. The van der Waals surface area contributed by atoms with Crippen LogP contribution in [-0.4, -0.2) is 15.0 Å². The first kappa shape index (κ1) is 12.2. The monoisotopic (exact) mass is 214 g/mol. The Morgan fingerprint density at radius 3 is 2.25 bits per heavy atom. The molecule has 0 rings (SSSR count). The van der Waals surface area contributed by atoms with E-state index in [4.69, 9.17) is 10.7 Å². The van der Waals surface area contributed by atoms with Crippen LogP contribution in [0.15, 0.2) is 0 Å². The molecule has 0 aliphatic heterocycles. The van der Waals surface area contributed by atoms with E-state index in [0.29, 0.717) is 0 Å². The zero-order valence-corrected chi connectivity index (χ0v) is 9.20. The SMILES string of the molecule is CCCC(C)(C)COS(=O)(=O)Cl. The van der Waals surface area contributed by atoms with E-state index in [1.165, 1.54) is 0 Å². The van der Waals surface area contributed by atoms with Gasteiger partial charge in [-0.3, -0.25) is 4.18 Å². The van der Waals surface area contributed by atoms with Crippen molar-refractivity contribution in [3.8, 4) is 0 Å². The van der Waals surface area contributed by atoms with Gasteiger partial charge in [-0.05, 0) is 11.8 Å². The minimum absolute atomic E-state index is 0.128. The lowest BCUT2D eigenvalue weighted by atomic mass is 9.89. The van der Waals surface area contributed by atoms with Gasteiger partial charge in [0.25, 0.3) is 0 Å². The Bertz CT molecular complexity index is 221. The van der Waals surface area contributed by atoms with Gasteiger partial charge in [-0.1, -0.05) is 27.2 Å². The molecule has 74 valence electrons. The summed E-state index contributed by atoms with van der Waals surface area (Å²) in [5.74, 6) is 0. The van der Waals surface area contributed by atoms with Gasteiger partial charge in [0.15, 0.2) is 0 Å². The highest BCUT2D eigenvalue weighted by Gasteiger charge is 2.20. The smallest absolute Gasteiger partial charge is 0.257 e. The molecule has 0 saturated carbocycles. The first-order valence-electron chi connectivity index (χ1n) is 3.86. The van der Waals surface area contributed by atoms with Crippen molar-refractivity contribution in [1.82, 2.24) is 0 Å². The van der Waals surface area contributed by atoms with E-state index in [0.717, 1.165) is 12.8 Å². The van der Waals surface area contributed by atoms with Gasteiger partial charge in [-0.25, -0.2) is 0 Å². The summed E-state index contributed by atoms with van der Waals surface area (Å²) < 4.78 is 25.3. The Balaban J connectivity index is 3.92. The summed E-state index contributed by atoms with van der Waals surface area (Å²) in [6.07, 6.45) is 1.91. The normalized spacial score (nSPS) is 13.3. The van der Waals surface area contributed by atoms with Gasteiger partial charge >= 0.3 is 9.33 Å². The Hall–Kier alpha value is 0.200. The second-order valence-corrected chi connectivity index (χ2v) is 5.73. The molecule has 0 N–H and O–H groups in total. The van der Waals surface area contributed by atoms with Crippen LogP contribution in [0, 0.1) is 5.41 Å². The van der Waals surface area contributed by atoms with Crippen molar-refractivity contribution < 1.29 is 12.6 Å². The van der Waals surface area contributed by atoms with Gasteiger partial charge in [0, 0.05) is 10.7 Å². The fourth-order valence-corrected chi connectivity index (χ4v) is 1.57. The van der Waals surface area contributed by atoms with Gasteiger partial charge in [-0.2, -0.15) is 8.42 Å². The lowest BCUT2D eigenvalue weighted by molar-refractivity contribution is 0.178. The van der Waals surface area contributed by atoms with Crippen molar-refractivity contribution >= 4 is 20.0 Å². The zero-order chi connectivity index (χ0) is 9.83.